The molecule has 3 fully saturated rings. The summed E-state index contributed by atoms with van der Waals surface area (Å²) in [7, 11) is 0. The average molecular weight is 583 g/mol. The molecule has 0 radical (unpaired) electrons. The van der Waals surface area contributed by atoms with Gasteiger partial charge in [-0.3, -0.25) is 4.79 Å². The Morgan fingerprint density at radius 2 is 1.78 bits per heavy atom. The van der Waals surface area contributed by atoms with E-state index in [0.29, 0.717) is 42.1 Å². The zero-order valence-corrected chi connectivity index (χ0v) is 22.2. The maximum absolute atomic E-state index is 12.8. The number of halogens is 1. The van der Waals surface area contributed by atoms with Gasteiger partial charge in [-0.25, -0.2) is 4.79 Å². The van der Waals surface area contributed by atoms with Gasteiger partial charge in [0.15, 0.2) is 0 Å². The van der Waals surface area contributed by atoms with Crippen LogP contribution in [0.1, 0.15) is 55.3 Å². The SMILES string of the molecule is C=C(Br)C[C@H](CCC(=O)CC1OC2C(O)[C@H]3OC(CCO)CCC3O[C@H]2C1O)OC(=O)c1ccccc1. The van der Waals surface area contributed by atoms with Crippen LogP contribution in [0.4, 0.5) is 0 Å². The second-order valence-electron chi connectivity index (χ2n) is 9.97. The molecule has 3 heterocycles. The minimum atomic E-state index is -1.06. The Labute approximate surface area is 224 Å². The number of esters is 1. The quantitative estimate of drug-likeness (QED) is 0.336. The van der Waals surface area contributed by atoms with Crippen molar-refractivity contribution < 1.29 is 43.9 Å². The topological polar surface area (TPSA) is 132 Å². The molecule has 4 rings (SSSR count). The van der Waals surface area contributed by atoms with Crippen molar-refractivity contribution in [2.24, 2.45) is 0 Å². The van der Waals surface area contributed by atoms with E-state index in [1.54, 1.807) is 24.3 Å². The van der Waals surface area contributed by atoms with E-state index in [4.69, 9.17) is 18.9 Å². The Balaban J connectivity index is 1.30. The van der Waals surface area contributed by atoms with Gasteiger partial charge in [-0.15, -0.1) is 0 Å². The highest BCUT2D eigenvalue weighted by atomic mass is 79.9. The van der Waals surface area contributed by atoms with Crippen molar-refractivity contribution in [2.75, 3.05) is 6.61 Å². The van der Waals surface area contributed by atoms with Gasteiger partial charge >= 0.3 is 5.97 Å². The Hall–Kier alpha value is -1.66. The highest BCUT2D eigenvalue weighted by Gasteiger charge is 2.56. The normalized spacial score (nSPS) is 33.7. The average Bonchev–Trinajstić information content (AvgIpc) is 3.18. The van der Waals surface area contributed by atoms with E-state index in [9.17, 15) is 24.9 Å². The largest absolute Gasteiger partial charge is 0.458 e. The predicted molar refractivity (Wildman–Crippen MR) is 136 cm³/mol. The van der Waals surface area contributed by atoms with Crippen LogP contribution in [-0.2, 0) is 23.7 Å². The minimum Gasteiger partial charge on any atom is -0.458 e. The van der Waals surface area contributed by atoms with Gasteiger partial charge in [-0.2, -0.15) is 0 Å². The van der Waals surface area contributed by atoms with Gasteiger partial charge in [0.1, 0.15) is 42.4 Å². The van der Waals surface area contributed by atoms with Crippen LogP contribution in [0.2, 0.25) is 0 Å². The van der Waals surface area contributed by atoms with Crippen LogP contribution >= 0.6 is 15.9 Å². The number of ether oxygens (including phenoxy) is 4. The van der Waals surface area contributed by atoms with E-state index in [0.717, 1.165) is 0 Å². The molecular weight excluding hydrogens is 548 g/mol. The van der Waals surface area contributed by atoms with Crippen molar-refractivity contribution >= 4 is 27.7 Å². The second-order valence-corrected chi connectivity index (χ2v) is 11.1. The highest BCUT2D eigenvalue weighted by molar-refractivity contribution is 9.11. The van der Waals surface area contributed by atoms with Crippen molar-refractivity contribution in [2.45, 2.75) is 99.9 Å². The Bertz CT molecular complexity index is 941. The third-order valence-electron chi connectivity index (χ3n) is 7.22. The van der Waals surface area contributed by atoms with Gasteiger partial charge in [0, 0.05) is 25.9 Å². The highest BCUT2D eigenvalue weighted by Crippen LogP contribution is 2.40. The van der Waals surface area contributed by atoms with Gasteiger partial charge in [0.05, 0.1) is 23.9 Å². The summed E-state index contributed by atoms with van der Waals surface area (Å²) in [5, 5.41) is 31.0. The molecule has 1 aromatic rings. The van der Waals surface area contributed by atoms with Crippen molar-refractivity contribution in [3.63, 3.8) is 0 Å². The number of hydrogen-bond donors (Lipinski definition) is 3. The smallest absolute Gasteiger partial charge is 0.338 e. The lowest BCUT2D eigenvalue weighted by Gasteiger charge is -2.46. The van der Waals surface area contributed by atoms with Crippen LogP contribution in [0.5, 0.6) is 0 Å². The van der Waals surface area contributed by atoms with E-state index >= 15 is 0 Å². The summed E-state index contributed by atoms with van der Waals surface area (Å²) in [5.74, 6) is -0.628. The number of ketones is 1. The molecule has 3 aliphatic heterocycles. The molecule has 3 N–H and O–H groups in total. The molecule has 37 heavy (non-hydrogen) atoms. The molecule has 0 aliphatic carbocycles. The van der Waals surface area contributed by atoms with Crippen LogP contribution in [0.25, 0.3) is 0 Å². The fraction of sp³-hybridized carbons (Fsp3) is 0.630. The molecule has 1 aromatic carbocycles. The molecule has 9 nitrogen and oxygen atoms in total. The fourth-order valence-corrected chi connectivity index (χ4v) is 5.70. The molecule has 204 valence electrons. The van der Waals surface area contributed by atoms with E-state index in [1.807, 2.05) is 6.07 Å². The molecule has 3 aliphatic rings. The van der Waals surface area contributed by atoms with Crippen LogP contribution in [0.15, 0.2) is 41.4 Å². The number of fused-ring (bicyclic) bond motifs is 2. The third kappa shape index (κ3) is 7.06. The molecule has 0 saturated carbocycles. The van der Waals surface area contributed by atoms with Crippen molar-refractivity contribution in [1.82, 2.24) is 0 Å². The summed E-state index contributed by atoms with van der Waals surface area (Å²) in [4.78, 5) is 25.3. The second kappa shape index (κ2) is 12.9. The molecule has 10 heteroatoms. The standard InChI is InChI=1S/C27H35BrO9/c1-15(28)13-19(35-27(33)16-5-3-2-4-6-16)8-7-17(30)14-21-22(31)25-26(37-21)23(32)24-20(36-25)10-9-18(34-24)11-12-29/h2-6,18-26,29,31-32H,1,7-14H2/t18?,19-,20?,21?,22?,23?,24-,25-,26?/m0/s1. The number of rotatable bonds is 11. The van der Waals surface area contributed by atoms with Gasteiger partial charge in [0.25, 0.3) is 0 Å². The molecule has 0 spiro atoms. The van der Waals surface area contributed by atoms with Crippen LogP contribution in [-0.4, -0.2) is 88.6 Å². The van der Waals surface area contributed by atoms with E-state index < -0.39 is 48.7 Å². The van der Waals surface area contributed by atoms with Crippen LogP contribution in [0.3, 0.4) is 0 Å². The van der Waals surface area contributed by atoms with Crippen molar-refractivity contribution in [3.05, 3.63) is 47.0 Å². The number of carbonyl (C=O) groups is 2. The number of carbonyl (C=O) groups excluding carboxylic acids is 2. The molecular formula is C27H35BrO9. The number of Topliss-reactive ketones (excluding diaryl/α,β-unsaturated/α-hetero) is 1. The molecule has 0 aromatic heterocycles. The van der Waals surface area contributed by atoms with Gasteiger partial charge in [-0.05, 0) is 42.3 Å². The predicted octanol–water partition coefficient (Wildman–Crippen LogP) is 2.44. The van der Waals surface area contributed by atoms with Gasteiger partial charge in [0.2, 0.25) is 0 Å². The number of aliphatic hydroxyl groups is 3. The van der Waals surface area contributed by atoms with Crippen molar-refractivity contribution in [3.8, 4) is 0 Å². The summed E-state index contributed by atoms with van der Waals surface area (Å²) in [5.41, 5.74) is 0.426. The van der Waals surface area contributed by atoms with E-state index in [2.05, 4.69) is 22.5 Å². The number of aliphatic hydroxyl groups excluding tert-OH is 3. The first-order chi connectivity index (χ1) is 17.8. The maximum atomic E-state index is 12.8. The first-order valence-electron chi connectivity index (χ1n) is 12.8. The van der Waals surface area contributed by atoms with Crippen LogP contribution in [0, 0.1) is 0 Å². The summed E-state index contributed by atoms with van der Waals surface area (Å²) in [6, 6.07) is 8.63. The lowest BCUT2D eigenvalue weighted by molar-refractivity contribution is -0.260. The summed E-state index contributed by atoms with van der Waals surface area (Å²) < 4.78 is 24.2. The molecule has 3 saturated heterocycles. The third-order valence-corrected chi connectivity index (χ3v) is 7.55. The zero-order valence-electron chi connectivity index (χ0n) is 20.6. The van der Waals surface area contributed by atoms with Gasteiger partial charge in [-0.1, -0.05) is 40.7 Å². The number of benzene rings is 1. The Morgan fingerprint density at radius 1 is 1.05 bits per heavy atom. The Morgan fingerprint density at radius 3 is 2.49 bits per heavy atom. The zero-order chi connectivity index (χ0) is 26.5. The van der Waals surface area contributed by atoms with E-state index in [-0.39, 0.29) is 37.4 Å². The van der Waals surface area contributed by atoms with Crippen molar-refractivity contribution in [1.29, 1.82) is 0 Å². The molecule has 6 unspecified atom stereocenters. The van der Waals surface area contributed by atoms with E-state index in [1.165, 1.54) is 0 Å². The minimum absolute atomic E-state index is 0.000520. The summed E-state index contributed by atoms with van der Waals surface area (Å²) >= 11 is 3.30. The molecule has 9 atom stereocenters. The lowest BCUT2D eigenvalue weighted by Crippen LogP contribution is -2.61. The first kappa shape index (κ1) is 28.4. The van der Waals surface area contributed by atoms with Crippen LogP contribution < -0.4 is 0 Å². The number of hydrogen-bond acceptors (Lipinski definition) is 9. The van der Waals surface area contributed by atoms with Gasteiger partial charge < -0.3 is 34.3 Å². The fourth-order valence-electron chi connectivity index (χ4n) is 5.34. The molecule has 0 bridgehead atoms. The summed E-state index contributed by atoms with van der Waals surface area (Å²) in [6.07, 6.45) is -3.59. The Kier molecular flexibility index (Phi) is 9.90. The lowest BCUT2D eigenvalue weighted by atomic mass is 9.88. The molecule has 0 amide bonds. The summed E-state index contributed by atoms with van der Waals surface area (Å²) in [6.45, 7) is 3.82. The first-order valence-corrected chi connectivity index (χ1v) is 13.6. The monoisotopic (exact) mass is 582 g/mol. The maximum Gasteiger partial charge on any atom is 0.338 e.